The number of benzene rings is 1. The number of hydrogen-bond acceptors (Lipinski definition) is 4. The van der Waals surface area contributed by atoms with E-state index < -0.39 is 0 Å². The second-order valence-corrected chi connectivity index (χ2v) is 7.45. The second kappa shape index (κ2) is 7.94. The minimum absolute atomic E-state index is 0.0745. The number of nitrogens with two attached hydrogens (primary N) is 1. The van der Waals surface area contributed by atoms with Crippen LogP contribution in [0.15, 0.2) is 30.5 Å². The summed E-state index contributed by atoms with van der Waals surface area (Å²) >= 11 is 0. The average molecular weight is 354 g/mol. The molecule has 0 spiro atoms. The summed E-state index contributed by atoms with van der Waals surface area (Å²) in [5.74, 6) is 1.35. The number of fused-ring (bicyclic) bond motifs is 1. The fraction of sp³-hybridized carbons (Fsp3) is 0.524. The van der Waals surface area contributed by atoms with E-state index >= 15 is 0 Å². The third-order valence-corrected chi connectivity index (χ3v) is 5.59. The van der Waals surface area contributed by atoms with Crippen molar-refractivity contribution in [2.75, 3.05) is 12.4 Å². The van der Waals surface area contributed by atoms with Crippen molar-refractivity contribution in [3.05, 3.63) is 36.0 Å². The van der Waals surface area contributed by atoms with Gasteiger partial charge in [-0.2, -0.15) is 0 Å². The second-order valence-electron chi connectivity index (χ2n) is 7.45. The lowest BCUT2D eigenvalue weighted by Gasteiger charge is -2.23. The Morgan fingerprint density at radius 3 is 2.77 bits per heavy atom. The number of anilines is 1. The summed E-state index contributed by atoms with van der Waals surface area (Å²) < 4.78 is 2.12. The molecule has 0 aliphatic heterocycles. The van der Waals surface area contributed by atoms with Crippen LogP contribution in [0.3, 0.4) is 0 Å². The molecule has 5 heteroatoms. The summed E-state index contributed by atoms with van der Waals surface area (Å²) in [6, 6.07) is 6.21. The Morgan fingerprint density at radius 2 is 2.12 bits per heavy atom. The van der Waals surface area contributed by atoms with Gasteiger partial charge in [-0.25, -0.2) is 4.98 Å². The topological polar surface area (TPSA) is 72.9 Å². The molecule has 1 atom stereocenters. The molecule has 5 nitrogen and oxygen atoms in total. The van der Waals surface area contributed by atoms with Gasteiger partial charge in [0.2, 0.25) is 5.95 Å². The Morgan fingerprint density at radius 1 is 1.38 bits per heavy atom. The van der Waals surface area contributed by atoms with Crippen molar-refractivity contribution in [1.82, 2.24) is 9.55 Å². The number of carbonyl (C=O) groups is 1. The molecule has 1 fully saturated rings. The van der Waals surface area contributed by atoms with Crippen molar-refractivity contribution in [2.45, 2.75) is 57.9 Å². The van der Waals surface area contributed by atoms with Gasteiger partial charge in [0.1, 0.15) is 5.78 Å². The average Bonchev–Trinajstić information content (AvgIpc) is 3.02. The van der Waals surface area contributed by atoms with Gasteiger partial charge in [-0.3, -0.25) is 4.79 Å². The van der Waals surface area contributed by atoms with Crippen molar-refractivity contribution >= 4 is 22.8 Å². The van der Waals surface area contributed by atoms with Crippen LogP contribution in [0.1, 0.15) is 56.9 Å². The van der Waals surface area contributed by atoms with Crippen molar-refractivity contribution in [2.24, 2.45) is 11.7 Å². The van der Waals surface area contributed by atoms with Gasteiger partial charge >= 0.3 is 0 Å². The molecule has 1 heterocycles. The number of rotatable bonds is 7. The van der Waals surface area contributed by atoms with Crippen LogP contribution in [-0.2, 0) is 11.3 Å². The first-order valence-corrected chi connectivity index (χ1v) is 9.66. The molecule has 1 aromatic carbocycles. The number of allylic oxidation sites excluding steroid dienone is 1. The van der Waals surface area contributed by atoms with E-state index in [-0.39, 0.29) is 11.8 Å². The third-order valence-electron chi connectivity index (χ3n) is 5.59. The maximum absolute atomic E-state index is 12.9. The molecular formula is C21H30N4O. The lowest BCUT2D eigenvalue weighted by molar-refractivity contribution is -0.124. The molecule has 0 radical (unpaired) electrons. The first kappa shape index (κ1) is 18.5. The lowest BCUT2D eigenvalue weighted by Crippen LogP contribution is -2.22. The van der Waals surface area contributed by atoms with Crippen LogP contribution in [0.4, 0.5) is 5.95 Å². The monoisotopic (exact) mass is 354 g/mol. The molecule has 3 N–H and O–H groups in total. The number of nitrogens with zero attached hydrogens (tertiary/aromatic N) is 2. The van der Waals surface area contributed by atoms with Crippen LogP contribution in [0.25, 0.3) is 11.0 Å². The zero-order valence-corrected chi connectivity index (χ0v) is 15.9. The number of ketones is 1. The predicted molar refractivity (Wildman–Crippen MR) is 107 cm³/mol. The Kier molecular flexibility index (Phi) is 5.64. The molecule has 0 saturated heterocycles. The smallest absolute Gasteiger partial charge is 0.203 e. The fourth-order valence-electron chi connectivity index (χ4n) is 3.99. The molecule has 1 aliphatic rings. The Hall–Kier alpha value is -2.30. The molecule has 0 amide bonds. The Balaban J connectivity index is 1.86. The standard InChI is InChI=1S/C21H30N4O/c1-14(22)11-12-25-19-10-9-17(13-18(19)24-21(25)23-3)15(2)20(26)16-7-5-4-6-8-16/h9-10,13,15-16H,1,4-8,11-12,22H2,2-3H3,(H,23,24). The lowest BCUT2D eigenvalue weighted by atomic mass is 9.80. The Labute approximate surface area is 155 Å². The molecular weight excluding hydrogens is 324 g/mol. The SMILES string of the molecule is C=C(N)CCn1c(NC)nc2cc(C(C)C(=O)C3CCCCC3)ccc21. The van der Waals surface area contributed by atoms with Crippen LogP contribution in [0, 0.1) is 5.92 Å². The number of nitrogens with one attached hydrogen (secondary N) is 1. The summed E-state index contributed by atoms with van der Waals surface area (Å²) in [7, 11) is 1.87. The van der Waals surface area contributed by atoms with Crippen LogP contribution in [0.5, 0.6) is 0 Å². The highest BCUT2D eigenvalue weighted by molar-refractivity contribution is 5.89. The van der Waals surface area contributed by atoms with E-state index in [4.69, 9.17) is 10.7 Å². The van der Waals surface area contributed by atoms with Crippen LogP contribution < -0.4 is 11.1 Å². The third kappa shape index (κ3) is 3.76. The van der Waals surface area contributed by atoms with Crippen LogP contribution in [0.2, 0.25) is 0 Å². The largest absolute Gasteiger partial charge is 0.402 e. The minimum atomic E-state index is -0.0745. The number of carbonyl (C=O) groups excluding carboxylic acids is 1. The molecule has 26 heavy (non-hydrogen) atoms. The molecule has 3 rings (SSSR count). The van der Waals surface area contributed by atoms with Crippen molar-refractivity contribution < 1.29 is 4.79 Å². The van der Waals surface area contributed by atoms with E-state index in [9.17, 15) is 4.79 Å². The first-order valence-electron chi connectivity index (χ1n) is 9.66. The predicted octanol–water partition coefficient (Wildman–Crippen LogP) is 4.19. The van der Waals surface area contributed by atoms with E-state index in [2.05, 4.69) is 34.7 Å². The maximum atomic E-state index is 12.9. The van der Waals surface area contributed by atoms with Gasteiger partial charge < -0.3 is 15.6 Å². The van der Waals surface area contributed by atoms with Gasteiger partial charge in [-0.05, 0) is 30.5 Å². The van der Waals surface area contributed by atoms with E-state index in [0.29, 0.717) is 17.9 Å². The number of imidazole rings is 1. The molecule has 0 bridgehead atoms. The summed E-state index contributed by atoms with van der Waals surface area (Å²) in [6.45, 7) is 6.55. The quantitative estimate of drug-likeness (QED) is 0.782. The molecule has 1 aliphatic carbocycles. The maximum Gasteiger partial charge on any atom is 0.203 e. The summed E-state index contributed by atoms with van der Waals surface area (Å²) in [5, 5.41) is 3.15. The number of aromatic nitrogens is 2. The molecule has 140 valence electrons. The van der Waals surface area contributed by atoms with Crippen molar-refractivity contribution in [3.8, 4) is 0 Å². The molecule has 1 unspecified atom stereocenters. The van der Waals surface area contributed by atoms with Gasteiger partial charge in [0, 0.05) is 37.5 Å². The van der Waals surface area contributed by atoms with E-state index in [0.717, 1.165) is 41.9 Å². The number of hydrogen-bond donors (Lipinski definition) is 2. The number of aryl methyl sites for hydroxylation is 1. The molecule has 1 aromatic heterocycles. The van der Waals surface area contributed by atoms with Gasteiger partial charge in [-0.15, -0.1) is 0 Å². The van der Waals surface area contributed by atoms with Gasteiger partial charge in [0.25, 0.3) is 0 Å². The summed E-state index contributed by atoms with van der Waals surface area (Å²) in [4.78, 5) is 17.6. The molecule has 1 saturated carbocycles. The van der Waals surface area contributed by atoms with Crippen LogP contribution in [-0.4, -0.2) is 22.4 Å². The zero-order valence-electron chi connectivity index (χ0n) is 15.9. The molecule has 2 aromatic rings. The van der Waals surface area contributed by atoms with Gasteiger partial charge in [-0.1, -0.05) is 38.8 Å². The van der Waals surface area contributed by atoms with Crippen LogP contribution >= 0.6 is 0 Å². The Bertz CT molecular complexity index is 802. The van der Waals surface area contributed by atoms with E-state index in [1.165, 1.54) is 19.3 Å². The minimum Gasteiger partial charge on any atom is -0.402 e. The normalized spacial score (nSPS) is 16.5. The van der Waals surface area contributed by atoms with Gasteiger partial charge in [0.15, 0.2) is 0 Å². The van der Waals surface area contributed by atoms with Crippen molar-refractivity contribution in [1.29, 1.82) is 0 Å². The highest BCUT2D eigenvalue weighted by Crippen LogP contribution is 2.31. The van der Waals surface area contributed by atoms with Crippen molar-refractivity contribution in [3.63, 3.8) is 0 Å². The zero-order chi connectivity index (χ0) is 18.7. The highest BCUT2D eigenvalue weighted by atomic mass is 16.1. The number of Topliss-reactive ketones (excluding diaryl/α,β-unsaturated/α-hetero) is 1. The van der Waals surface area contributed by atoms with Gasteiger partial charge in [0.05, 0.1) is 11.0 Å². The first-order chi connectivity index (χ1) is 12.5. The van der Waals surface area contributed by atoms with E-state index in [1.807, 2.05) is 14.0 Å². The fourth-order valence-corrected chi connectivity index (χ4v) is 3.99. The highest BCUT2D eigenvalue weighted by Gasteiger charge is 2.26. The van der Waals surface area contributed by atoms with E-state index in [1.54, 1.807) is 0 Å². The summed E-state index contributed by atoms with van der Waals surface area (Å²) in [5.41, 5.74) is 9.42. The summed E-state index contributed by atoms with van der Waals surface area (Å²) in [6.07, 6.45) is 6.44.